The van der Waals surface area contributed by atoms with E-state index in [2.05, 4.69) is 10.6 Å². The van der Waals surface area contributed by atoms with Gasteiger partial charge in [0.15, 0.2) is 0 Å². The number of para-hydroxylation sites is 2. The van der Waals surface area contributed by atoms with Crippen molar-refractivity contribution >= 4 is 43.2 Å². The van der Waals surface area contributed by atoms with Crippen LogP contribution in [-0.2, 0) is 20.0 Å². The Morgan fingerprint density at radius 2 is 0.804 bits per heavy atom. The second kappa shape index (κ2) is 13.2. The van der Waals surface area contributed by atoms with Gasteiger partial charge in [-0.15, -0.1) is 0 Å². The van der Waals surface area contributed by atoms with E-state index < -0.39 is 31.9 Å². The number of nitrogens with zero attached hydrogens (tertiary/aromatic N) is 2. The first kappa shape index (κ1) is 31.6. The lowest BCUT2D eigenvalue weighted by molar-refractivity contribution is 0.101. The van der Waals surface area contributed by atoms with Crippen LogP contribution in [0.15, 0.2) is 107 Å². The monoisotopic (exact) mass is 658 g/mol. The molecule has 4 aromatic rings. The first-order valence-electron chi connectivity index (χ1n) is 15.2. The van der Waals surface area contributed by atoms with Crippen molar-refractivity contribution in [2.45, 2.75) is 35.5 Å². The maximum absolute atomic E-state index is 13.3. The van der Waals surface area contributed by atoms with Crippen molar-refractivity contribution in [3.05, 3.63) is 108 Å². The molecule has 0 radical (unpaired) electrons. The minimum atomic E-state index is -3.59. The number of nitrogens with one attached hydrogen (secondary N) is 2. The van der Waals surface area contributed by atoms with E-state index in [1.165, 1.54) is 57.1 Å². The van der Waals surface area contributed by atoms with Crippen molar-refractivity contribution < 1.29 is 26.4 Å². The van der Waals surface area contributed by atoms with Gasteiger partial charge in [0.25, 0.3) is 11.8 Å². The summed E-state index contributed by atoms with van der Waals surface area (Å²) in [7, 11) is -7.18. The Bertz CT molecular complexity index is 1820. The van der Waals surface area contributed by atoms with E-state index in [9.17, 15) is 26.4 Å². The first-order valence-corrected chi connectivity index (χ1v) is 18.0. The summed E-state index contributed by atoms with van der Waals surface area (Å²) in [5.74, 6) is -0.828. The summed E-state index contributed by atoms with van der Waals surface area (Å²) in [5.41, 5.74) is 2.91. The van der Waals surface area contributed by atoms with Crippen LogP contribution in [0, 0.1) is 0 Å². The molecular weight excluding hydrogens is 625 g/mol. The highest BCUT2D eigenvalue weighted by molar-refractivity contribution is 7.89. The van der Waals surface area contributed by atoms with Crippen LogP contribution in [0.3, 0.4) is 0 Å². The normalized spacial score (nSPS) is 15.9. The van der Waals surface area contributed by atoms with Crippen LogP contribution in [0.4, 0.5) is 11.4 Å². The van der Waals surface area contributed by atoms with Gasteiger partial charge in [-0.3, -0.25) is 9.59 Å². The zero-order valence-corrected chi connectivity index (χ0v) is 26.7. The average Bonchev–Trinajstić information content (AvgIpc) is 3.82. The van der Waals surface area contributed by atoms with E-state index in [1.807, 2.05) is 24.3 Å². The number of rotatable bonds is 9. The fourth-order valence-corrected chi connectivity index (χ4v) is 8.79. The van der Waals surface area contributed by atoms with Gasteiger partial charge in [-0.25, -0.2) is 16.8 Å². The molecule has 2 fully saturated rings. The number of amides is 2. The van der Waals surface area contributed by atoms with Gasteiger partial charge in [0.1, 0.15) is 0 Å². The standard InChI is InChI=1S/C34H34N4O6S2/c39-33(25-13-17-27(18-14-25)45(41,42)37-21-5-6-22-37)35-31-11-3-1-9-29(31)30-10-2-4-12-32(30)36-34(40)26-15-19-28(20-16-26)46(43,44)38-23-7-8-24-38/h1-4,9-20H,5-8,21-24H2,(H,35,39)(H,36,40). The lowest BCUT2D eigenvalue weighted by Gasteiger charge is -2.17. The Morgan fingerprint density at radius 1 is 0.478 bits per heavy atom. The van der Waals surface area contributed by atoms with E-state index in [0.29, 0.717) is 59.8 Å². The van der Waals surface area contributed by atoms with Gasteiger partial charge in [0.2, 0.25) is 20.0 Å². The van der Waals surface area contributed by atoms with E-state index in [0.717, 1.165) is 25.7 Å². The van der Waals surface area contributed by atoms with Gasteiger partial charge in [0.05, 0.1) is 9.79 Å². The van der Waals surface area contributed by atoms with Crippen molar-refractivity contribution in [2.75, 3.05) is 36.8 Å². The van der Waals surface area contributed by atoms with E-state index in [-0.39, 0.29) is 9.79 Å². The molecule has 4 aromatic carbocycles. The quantitative estimate of drug-likeness (QED) is 0.247. The third-order valence-electron chi connectivity index (χ3n) is 8.28. The van der Waals surface area contributed by atoms with Gasteiger partial charge in [0, 0.05) is 59.8 Å². The van der Waals surface area contributed by atoms with Gasteiger partial charge >= 0.3 is 0 Å². The SMILES string of the molecule is O=C(Nc1ccccc1-c1ccccc1NC(=O)c1ccc(S(=O)(=O)N2CCCC2)cc1)c1ccc(S(=O)(=O)N2CCCC2)cc1. The summed E-state index contributed by atoms with van der Waals surface area (Å²) < 4.78 is 54.4. The Kier molecular flexibility index (Phi) is 9.05. The van der Waals surface area contributed by atoms with Gasteiger partial charge in [-0.05, 0) is 86.3 Å². The number of anilines is 2. The zero-order valence-electron chi connectivity index (χ0n) is 25.1. The molecule has 2 aliphatic rings. The maximum Gasteiger partial charge on any atom is 0.255 e. The molecule has 0 aliphatic carbocycles. The molecule has 0 spiro atoms. The molecule has 0 atom stereocenters. The van der Waals surface area contributed by atoms with Crippen molar-refractivity contribution in [1.29, 1.82) is 0 Å². The molecule has 10 nitrogen and oxygen atoms in total. The molecule has 6 rings (SSSR count). The molecule has 0 saturated carbocycles. The van der Waals surface area contributed by atoms with Crippen LogP contribution < -0.4 is 10.6 Å². The van der Waals surface area contributed by atoms with Crippen LogP contribution in [0.25, 0.3) is 11.1 Å². The highest BCUT2D eigenvalue weighted by Crippen LogP contribution is 2.34. The highest BCUT2D eigenvalue weighted by atomic mass is 32.2. The van der Waals surface area contributed by atoms with Gasteiger partial charge < -0.3 is 10.6 Å². The minimum Gasteiger partial charge on any atom is -0.321 e. The smallest absolute Gasteiger partial charge is 0.255 e. The number of hydrogen-bond donors (Lipinski definition) is 2. The topological polar surface area (TPSA) is 133 Å². The van der Waals surface area contributed by atoms with Crippen molar-refractivity contribution in [2.24, 2.45) is 0 Å². The molecule has 2 saturated heterocycles. The molecule has 0 unspecified atom stereocenters. The number of hydrogen-bond acceptors (Lipinski definition) is 6. The second-order valence-corrected chi connectivity index (χ2v) is 15.1. The molecule has 2 aliphatic heterocycles. The van der Waals surface area contributed by atoms with Crippen molar-refractivity contribution in [3.63, 3.8) is 0 Å². The third-order valence-corrected chi connectivity index (χ3v) is 12.1. The molecule has 238 valence electrons. The lowest BCUT2D eigenvalue weighted by atomic mass is 10.0. The molecule has 2 N–H and O–H groups in total. The number of carbonyl (C=O) groups excluding carboxylic acids is 2. The Balaban J connectivity index is 1.19. The number of sulfonamides is 2. The molecule has 2 amide bonds. The van der Waals surface area contributed by atoms with Crippen molar-refractivity contribution in [3.8, 4) is 11.1 Å². The molecule has 12 heteroatoms. The van der Waals surface area contributed by atoms with Gasteiger partial charge in [-0.1, -0.05) is 36.4 Å². The fraction of sp³-hybridized carbons (Fsp3) is 0.235. The van der Waals surface area contributed by atoms with Crippen LogP contribution in [0.5, 0.6) is 0 Å². The van der Waals surface area contributed by atoms with Crippen molar-refractivity contribution in [1.82, 2.24) is 8.61 Å². The van der Waals surface area contributed by atoms with Crippen LogP contribution in [0.1, 0.15) is 46.4 Å². The number of carbonyl (C=O) groups is 2. The third kappa shape index (κ3) is 6.47. The first-order chi connectivity index (χ1) is 22.1. The summed E-state index contributed by atoms with van der Waals surface area (Å²) >= 11 is 0. The molecule has 0 bridgehead atoms. The fourth-order valence-electron chi connectivity index (χ4n) is 5.75. The Labute approximate surface area is 269 Å². The van der Waals surface area contributed by atoms with E-state index in [1.54, 1.807) is 24.3 Å². The van der Waals surface area contributed by atoms with Gasteiger partial charge in [-0.2, -0.15) is 8.61 Å². The lowest BCUT2D eigenvalue weighted by Crippen LogP contribution is -2.27. The predicted octanol–water partition coefficient (Wildman–Crippen LogP) is 5.43. The molecule has 46 heavy (non-hydrogen) atoms. The predicted molar refractivity (Wildman–Crippen MR) is 177 cm³/mol. The molecule has 2 heterocycles. The summed E-state index contributed by atoms with van der Waals surface area (Å²) in [6.45, 7) is 2.00. The maximum atomic E-state index is 13.3. The second-order valence-electron chi connectivity index (χ2n) is 11.3. The summed E-state index contributed by atoms with van der Waals surface area (Å²) in [6, 6.07) is 26.1. The molecule has 0 aromatic heterocycles. The van der Waals surface area contributed by atoms with Crippen LogP contribution in [-0.4, -0.2) is 63.4 Å². The minimum absolute atomic E-state index is 0.152. The van der Waals surface area contributed by atoms with E-state index in [4.69, 9.17) is 0 Å². The van der Waals surface area contributed by atoms with Crippen LogP contribution in [0.2, 0.25) is 0 Å². The number of benzene rings is 4. The van der Waals surface area contributed by atoms with E-state index >= 15 is 0 Å². The summed E-state index contributed by atoms with van der Waals surface area (Å²) in [4.78, 5) is 26.8. The Hall–Kier alpha value is -4.36. The average molecular weight is 659 g/mol. The highest BCUT2D eigenvalue weighted by Gasteiger charge is 2.28. The van der Waals surface area contributed by atoms with Crippen LogP contribution >= 0.6 is 0 Å². The molecular formula is C34H34N4O6S2. The summed E-state index contributed by atoms with van der Waals surface area (Å²) in [6.07, 6.45) is 3.35. The Morgan fingerprint density at radius 3 is 1.15 bits per heavy atom. The summed E-state index contributed by atoms with van der Waals surface area (Å²) in [5, 5.41) is 5.84. The largest absolute Gasteiger partial charge is 0.321 e. The zero-order chi connectivity index (χ0) is 32.3.